The van der Waals surface area contributed by atoms with Crippen LogP contribution in [-0.4, -0.2) is 10.1 Å². The molecule has 0 spiro atoms. The van der Waals surface area contributed by atoms with E-state index in [0.717, 1.165) is 0 Å². The predicted molar refractivity (Wildman–Crippen MR) is 21.5 cm³/mol. The van der Waals surface area contributed by atoms with Gasteiger partial charge in [-0.25, -0.2) is 5.73 Å². The third kappa shape index (κ3) is 0.594. The summed E-state index contributed by atoms with van der Waals surface area (Å²) in [5.41, 5.74) is 11.5. The van der Waals surface area contributed by atoms with E-state index in [1.54, 1.807) is 0 Å². The van der Waals surface area contributed by atoms with Gasteiger partial charge in [0, 0.05) is 0 Å². The third-order valence-corrected chi connectivity index (χ3v) is 0.442. The van der Waals surface area contributed by atoms with Crippen LogP contribution < -0.4 is 11.5 Å². The van der Waals surface area contributed by atoms with Crippen molar-refractivity contribution in [3.63, 3.8) is 0 Å². The molecule has 1 rings (SSSR count). The highest BCUT2D eigenvalue weighted by Gasteiger charge is 1.92. The van der Waals surface area contributed by atoms with Crippen molar-refractivity contribution in [1.29, 1.82) is 0 Å². The molecule has 1 heterocycles. The van der Waals surface area contributed by atoms with E-state index in [4.69, 9.17) is 11.5 Å². The Morgan fingerprint density at radius 1 is 1.71 bits per heavy atom. The maximum atomic E-state index is 6.60. The maximum Gasteiger partial charge on any atom is 0.341 e. The zero-order valence-corrected chi connectivity index (χ0v) is 3.38. The number of aromatic nitrogens is 2. The standard InChI is InChI=1S/C2H3N4O/c3-1-5-2(4)7-6-1/h4H,(H2,3,6). The highest BCUT2D eigenvalue weighted by Crippen LogP contribution is 1.97. The zero-order chi connectivity index (χ0) is 5.28. The van der Waals surface area contributed by atoms with E-state index in [0.29, 0.717) is 0 Å². The molecular formula is C2H3N4O. The topological polar surface area (TPSA) is 88.7 Å². The van der Waals surface area contributed by atoms with Gasteiger partial charge < -0.3 is 10.3 Å². The summed E-state index contributed by atoms with van der Waals surface area (Å²) in [6.45, 7) is 0. The maximum absolute atomic E-state index is 6.60. The molecule has 0 saturated heterocycles. The molecule has 0 aliphatic rings. The molecule has 0 unspecified atom stereocenters. The Kier molecular flexibility index (Phi) is 0.619. The van der Waals surface area contributed by atoms with Crippen LogP contribution in [0.15, 0.2) is 4.52 Å². The van der Waals surface area contributed by atoms with Crippen LogP contribution in [-0.2, 0) is 0 Å². The predicted octanol–water partition coefficient (Wildman–Crippen LogP) is -0.434. The second kappa shape index (κ2) is 1.11. The molecule has 0 bridgehead atoms. The van der Waals surface area contributed by atoms with E-state index in [2.05, 4.69) is 14.7 Å². The van der Waals surface area contributed by atoms with Crippen molar-refractivity contribution >= 4 is 12.0 Å². The van der Waals surface area contributed by atoms with Crippen molar-refractivity contribution in [2.24, 2.45) is 0 Å². The van der Waals surface area contributed by atoms with Crippen molar-refractivity contribution in [3.05, 3.63) is 0 Å². The fourth-order valence-electron chi connectivity index (χ4n) is 0.235. The first-order valence-electron chi connectivity index (χ1n) is 1.60. The average molecular weight is 99.1 g/mol. The summed E-state index contributed by atoms with van der Waals surface area (Å²) < 4.78 is 4.14. The number of rotatable bonds is 0. The molecule has 1 radical (unpaired) electrons. The second-order valence-electron chi connectivity index (χ2n) is 0.958. The minimum atomic E-state index is -0.252. The Bertz CT molecular complexity index is 142. The first-order chi connectivity index (χ1) is 3.29. The average Bonchev–Trinajstić information content (AvgIpc) is 1.87. The van der Waals surface area contributed by atoms with Gasteiger partial charge >= 0.3 is 6.01 Å². The summed E-state index contributed by atoms with van der Waals surface area (Å²) >= 11 is 0. The molecule has 1 aromatic rings. The molecule has 0 aromatic carbocycles. The minimum absolute atomic E-state index is 0.00463. The van der Waals surface area contributed by atoms with Gasteiger partial charge in [-0.15, -0.1) is 0 Å². The fraction of sp³-hybridized carbons (Fsp3) is 0. The molecule has 3 N–H and O–H groups in total. The molecule has 7 heavy (non-hydrogen) atoms. The molecule has 5 nitrogen and oxygen atoms in total. The first-order valence-corrected chi connectivity index (χ1v) is 1.60. The van der Waals surface area contributed by atoms with Gasteiger partial charge in [-0.2, -0.15) is 4.98 Å². The van der Waals surface area contributed by atoms with Gasteiger partial charge in [0.05, 0.1) is 0 Å². The van der Waals surface area contributed by atoms with Crippen molar-refractivity contribution in [3.8, 4) is 0 Å². The van der Waals surface area contributed by atoms with Crippen LogP contribution in [0, 0.1) is 0 Å². The molecule has 0 amide bonds. The number of hydrogen-bond donors (Lipinski definition) is 1. The largest absolute Gasteiger partial charge is 0.365 e. The van der Waals surface area contributed by atoms with Crippen molar-refractivity contribution in [1.82, 2.24) is 15.9 Å². The third-order valence-electron chi connectivity index (χ3n) is 0.442. The molecule has 1 aromatic heterocycles. The van der Waals surface area contributed by atoms with Crippen LogP contribution in [0.1, 0.15) is 0 Å². The van der Waals surface area contributed by atoms with Crippen LogP contribution in [0.25, 0.3) is 0 Å². The Morgan fingerprint density at radius 3 is 2.57 bits per heavy atom. The lowest BCUT2D eigenvalue weighted by Gasteiger charge is -1.64. The van der Waals surface area contributed by atoms with Gasteiger partial charge in [0.1, 0.15) is 0 Å². The Morgan fingerprint density at radius 2 is 2.43 bits per heavy atom. The fourth-order valence-corrected chi connectivity index (χ4v) is 0.235. The van der Waals surface area contributed by atoms with Crippen LogP contribution >= 0.6 is 0 Å². The number of nitrogens with one attached hydrogen (secondary N) is 1. The summed E-state index contributed by atoms with van der Waals surface area (Å²) in [4.78, 5) is 3.28. The van der Waals surface area contributed by atoms with Gasteiger partial charge in [0.25, 0.3) is 5.95 Å². The lowest BCUT2D eigenvalue weighted by molar-refractivity contribution is 0.428. The minimum Gasteiger partial charge on any atom is -0.365 e. The van der Waals surface area contributed by atoms with Gasteiger partial charge in [-0.1, -0.05) is 0 Å². The van der Waals surface area contributed by atoms with Crippen molar-refractivity contribution < 1.29 is 4.52 Å². The lowest BCUT2D eigenvalue weighted by atomic mass is 11.1. The van der Waals surface area contributed by atoms with E-state index < -0.39 is 0 Å². The molecule has 0 atom stereocenters. The molecule has 0 fully saturated rings. The van der Waals surface area contributed by atoms with Gasteiger partial charge in [-0.3, -0.25) is 0 Å². The van der Waals surface area contributed by atoms with E-state index >= 15 is 0 Å². The Balaban J connectivity index is 3.04. The lowest BCUT2D eigenvalue weighted by Crippen LogP contribution is -1.84. The molecule has 5 heteroatoms. The van der Waals surface area contributed by atoms with Gasteiger partial charge in [0.2, 0.25) is 0 Å². The number of hydrogen-bond acceptors (Lipinski definition) is 4. The van der Waals surface area contributed by atoms with E-state index in [-0.39, 0.29) is 12.0 Å². The van der Waals surface area contributed by atoms with Crippen LogP contribution in [0.4, 0.5) is 12.0 Å². The van der Waals surface area contributed by atoms with E-state index in [1.807, 2.05) is 0 Å². The normalized spacial score (nSPS) is 9.14. The molecule has 37 valence electrons. The summed E-state index contributed by atoms with van der Waals surface area (Å²) in [5.74, 6) is 0.00463. The summed E-state index contributed by atoms with van der Waals surface area (Å²) in [6, 6.07) is -0.252. The monoisotopic (exact) mass is 99.0 g/mol. The smallest absolute Gasteiger partial charge is 0.341 e. The van der Waals surface area contributed by atoms with Crippen LogP contribution in [0.3, 0.4) is 0 Å². The highest BCUT2D eigenvalue weighted by atomic mass is 16.5. The van der Waals surface area contributed by atoms with Gasteiger partial charge in [-0.05, 0) is 5.16 Å². The molecule has 0 aliphatic heterocycles. The first kappa shape index (κ1) is 3.91. The van der Waals surface area contributed by atoms with Crippen molar-refractivity contribution in [2.45, 2.75) is 0 Å². The zero-order valence-electron chi connectivity index (χ0n) is 3.38. The number of nitrogens with zero attached hydrogens (tertiary/aromatic N) is 2. The summed E-state index contributed by atoms with van der Waals surface area (Å²) in [7, 11) is 0. The Hall–Kier alpha value is -1.26. The number of anilines is 1. The number of nitrogen functional groups attached to an aromatic ring is 1. The van der Waals surface area contributed by atoms with Crippen LogP contribution in [0.2, 0.25) is 0 Å². The quantitative estimate of drug-likeness (QED) is 0.477. The molecule has 0 aliphatic carbocycles. The van der Waals surface area contributed by atoms with E-state index in [1.165, 1.54) is 0 Å². The summed E-state index contributed by atoms with van der Waals surface area (Å²) in [5, 5.41) is 3.12. The highest BCUT2D eigenvalue weighted by molar-refractivity contribution is 5.16. The second-order valence-corrected chi connectivity index (χ2v) is 0.958. The van der Waals surface area contributed by atoms with Crippen LogP contribution in [0.5, 0.6) is 0 Å². The molecular weight excluding hydrogens is 96.0 g/mol. The molecule has 0 saturated carbocycles. The Labute approximate surface area is 39.3 Å². The SMILES string of the molecule is [NH]c1nc(N)no1. The van der Waals surface area contributed by atoms with Crippen molar-refractivity contribution in [2.75, 3.05) is 5.73 Å². The number of nitrogens with two attached hydrogens (primary N) is 1. The van der Waals surface area contributed by atoms with E-state index in [9.17, 15) is 0 Å². The van der Waals surface area contributed by atoms with Gasteiger partial charge in [0.15, 0.2) is 0 Å². The summed E-state index contributed by atoms with van der Waals surface area (Å²) in [6.07, 6.45) is 0.